The molecule has 2 heterocycles. The van der Waals surface area contributed by atoms with Crippen molar-refractivity contribution < 1.29 is 18.6 Å². The van der Waals surface area contributed by atoms with E-state index in [2.05, 4.69) is 20.3 Å². The number of anilines is 2. The Labute approximate surface area is 187 Å². The van der Waals surface area contributed by atoms with Gasteiger partial charge < -0.3 is 15.2 Å². The fraction of sp³-hybridized carbons (Fsp3) is 0.0417. The molecular weight excluding hydrogens is 428 g/mol. The summed E-state index contributed by atoms with van der Waals surface area (Å²) in [5.41, 5.74) is 2.92. The Kier molecular flexibility index (Phi) is 5.27. The van der Waals surface area contributed by atoms with Crippen LogP contribution in [0.1, 0.15) is 5.56 Å². The van der Waals surface area contributed by atoms with Crippen LogP contribution in [0.2, 0.25) is 0 Å². The lowest BCUT2D eigenvalue weighted by molar-refractivity contribution is 0.306. The minimum atomic E-state index is -1.09. The van der Waals surface area contributed by atoms with Gasteiger partial charge in [0.2, 0.25) is 5.95 Å². The molecule has 33 heavy (non-hydrogen) atoms. The van der Waals surface area contributed by atoms with Gasteiger partial charge in [-0.25, -0.2) is 18.7 Å². The number of ether oxygens (including phenoxy) is 1. The van der Waals surface area contributed by atoms with Crippen LogP contribution in [0.3, 0.4) is 0 Å². The molecule has 0 amide bonds. The second kappa shape index (κ2) is 8.54. The standard InChI is InChI=1S/C24H17F2N5O2/c25-19-9-16(10-20(26)22(19)32)29-24-27-12-21-23(30-24)31(14-28-21)17-7-4-8-18(11-17)33-13-15-5-2-1-3-6-15/h1-12,14,32H,13H2,(H,27,29,30). The predicted octanol–water partition coefficient (Wildman–Crippen LogP) is 5.12. The summed E-state index contributed by atoms with van der Waals surface area (Å²) in [6.45, 7) is 0.435. The van der Waals surface area contributed by atoms with E-state index >= 15 is 0 Å². The van der Waals surface area contributed by atoms with Crippen molar-refractivity contribution in [3.8, 4) is 17.2 Å². The summed E-state index contributed by atoms with van der Waals surface area (Å²) in [6, 6.07) is 19.2. The molecule has 0 aliphatic rings. The topological polar surface area (TPSA) is 85.1 Å². The lowest BCUT2D eigenvalue weighted by atomic mass is 10.2. The fourth-order valence-corrected chi connectivity index (χ4v) is 3.29. The average molecular weight is 445 g/mol. The van der Waals surface area contributed by atoms with Crippen molar-refractivity contribution in [3.63, 3.8) is 0 Å². The SMILES string of the molecule is Oc1c(F)cc(Nc2ncc3ncn(-c4cccc(OCc5ccccc5)c4)c3n2)cc1F. The van der Waals surface area contributed by atoms with Gasteiger partial charge in [-0.05, 0) is 17.7 Å². The molecule has 0 unspecified atom stereocenters. The highest BCUT2D eigenvalue weighted by molar-refractivity contribution is 5.74. The normalized spacial score (nSPS) is 11.0. The highest BCUT2D eigenvalue weighted by atomic mass is 19.1. The first-order chi connectivity index (χ1) is 16.1. The second-order valence-electron chi connectivity index (χ2n) is 7.20. The molecule has 0 fully saturated rings. The summed E-state index contributed by atoms with van der Waals surface area (Å²) in [7, 11) is 0. The number of hydrogen-bond donors (Lipinski definition) is 2. The van der Waals surface area contributed by atoms with E-state index in [1.807, 2.05) is 54.6 Å². The van der Waals surface area contributed by atoms with Crippen molar-refractivity contribution in [2.75, 3.05) is 5.32 Å². The van der Waals surface area contributed by atoms with E-state index in [-0.39, 0.29) is 11.6 Å². The summed E-state index contributed by atoms with van der Waals surface area (Å²) in [5, 5.41) is 12.0. The van der Waals surface area contributed by atoms with E-state index in [0.717, 1.165) is 23.4 Å². The van der Waals surface area contributed by atoms with Crippen molar-refractivity contribution in [1.29, 1.82) is 0 Å². The Balaban J connectivity index is 1.42. The van der Waals surface area contributed by atoms with Crippen LogP contribution in [0, 0.1) is 11.6 Å². The number of rotatable bonds is 6. The Morgan fingerprint density at radius 1 is 0.939 bits per heavy atom. The highest BCUT2D eigenvalue weighted by Gasteiger charge is 2.13. The van der Waals surface area contributed by atoms with E-state index in [1.165, 1.54) is 6.20 Å². The van der Waals surface area contributed by atoms with Crippen LogP contribution in [0.15, 0.2) is 79.3 Å². The zero-order valence-electron chi connectivity index (χ0n) is 17.1. The molecule has 7 nitrogen and oxygen atoms in total. The largest absolute Gasteiger partial charge is 0.503 e. The number of hydrogen-bond acceptors (Lipinski definition) is 6. The molecule has 0 aliphatic heterocycles. The maximum atomic E-state index is 13.6. The van der Waals surface area contributed by atoms with Gasteiger partial charge in [-0.3, -0.25) is 4.57 Å². The molecule has 5 rings (SSSR count). The van der Waals surface area contributed by atoms with Crippen molar-refractivity contribution >= 4 is 22.8 Å². The molecule has 0 radical (unpaired) electrons. The van der Waals surface area contributed by atoms with Crippen molar-refractivity contribution in [1.82, 2.24) is 19.5 Å². The third kappa shape index (κ3) is 4.29. The maximum Gasteiger partial charge on any atom is 0.229 e. The molecule has 2 N–H and O–H groups in total. The summed E-state index contributed by atoms with van der Waals surface area (Å²) >= 11 is 0. The molecule has 5 aromatic rings. The van der Waals surface area contributed by atoms with Gasteiger partial charge in [0.15, 0.2) is 23.0 Å². The van der Waals surface area contributed by atoms with E-state index in [0.29, 0.717) is 23.5 Å². The minimum Gasteiger partial charge on any atom is -0.503 e. The maximum absolute atomic E-state index is 13.6. The van der Waals surface area contributed by atoms with Crippen LogP contribution < -0.4 is 10.1 Å². The lowest BCUT2D eigenvalue weighted by Crippen LogP contribution is -2.01. The van der Waals surface area contributed by atoms with E-state index in [9.17, 15) is 13.9 Å². The molecular formula is C24H17F2N5O2. The van der Waals surface area contributed by atoms with Gasteiger partial charge in [-0.1, -0.05) is 36.4 Å². The van der Waals surface area contributed by atoms with Crippen LogP contribution in [0.4, 0.5) is 20.4 Å². The zero-order valence-corrected chi connectivity index (χ0v) is 17.1. The number of fused-ring (bicyclic) bond motifs is 1. The van der Waals surface area contributed by atoms with Gasteiger partial charge in [0.05, 0.1) is 11.9 Å². The number of halogens is 2. The summed E-state index contributed by atoms with van der Waals surface area (Å²) in [4.78, 5) is 12.9. The Morgan fingerprint density at radius 3 is 2.52 bits per heavy atom. The first-order valence-electron chi connectivity index (χ1n) is 9.99. The molecule has 164 valence electrons. The molecule has 0 aliphatic carbocycles. The summed E-state index contributed by atoms with van der Waals surface area (Å²) < 4.78 is 35.0. The van der Waals surface area contributed by atoms with Crippen molar-refractivity contribution in [3.05, 3.63) is 96.5 Å². The Bertz CT molecular complexity index is 1420. The number of imidazole rings is 1. The molecule has 0 saturated carbocycles. The number of phenols is 1. The number of aromatic hydroxyl groups is 1. The summed E-state index contributed by atoms with van der Waals surface area (Å²) in [6.07, 6.45) is 3.11. The first-order valence-corrected chi connectivity index (χ1v) is 9.99. The van der Waals surface area contributed by atoms with E-state index in [1.54, 1.807) is 10.9 Å². The van der Waals surface area contributed by atoms with Crippen LogP contribution in [-0.4, -0.2) is 24.6 Å². The van der Waals surface area contributed by atoms with Gasteiger partial charge >= 0.3 is 0 Å². The molecule has 0 saturated heterocycles. The van der Waals surface area contributed by atoms with Gasteiger partial charge in [-0.15, -0.1) is 0 Å². The van der Waals surface area contributed by atoms with Gasteiger partial charge in [-0.2, -0.15) is 4.98 Å². The third-order valence-electron chi connectivity index (χ3n) is 4.91. The number of aromatic nitrogens is 4. The Morgan fingerprint density at radius 2 is 1.73 bits per heavy atom. The zero-order chi connectivity index (χ0) is 22.8. The minimum absolute atomic E-state index is 0.0597. The molecule has 3 aromatic carbocycles. The first kappa shape index (κ1) is 20.4. The van der Waals surface area contributed by atoms with Crippen molar-refractivity contribution in [2.45, 2.75) is 6.61 Å². The fourth-order valence-electron chi connectivity index (χ4n) is 3.29. The van der Waals surface area contributed by atoms with Crippen LogP contribution in [0.25, 0.3) is 16.9 Å². The van der Waals surface area contributed by atoms with E-state index in [4.69, 9.17) is 4.74 Å². The number of nitrogens with one attached hydrogen (secondary N) is 1. The third-order valence-corrected chi connectivity index (χ3v) is 4.91. The number of phenolic OH excluding ortho intramolecular Hbond substituents is 1. The van der Waals surface area contributed by atoms with Crippen LogP contribution in [0.5, 0.6) is 11.5 Å². The predicted molar refractivity (Wildman–Crippen MR) is 119 cm³/mol. The lowest BCUT2D eigenvalue weighted by Gasteiger charge is -2.10. The molecule has 0 spiro atoms. The smallest absolute Gasteiger partial charge is 0.229 e. The molecule has 2 aromatic heterocycles. The number of nitrogens with zero attached hydrogens (tertiary/aromatic N) is 4. The Hall–Kier alpha value is -4.53. The summed E-state index contributed by atoms with van der Waals surface area (Å²) in [5.74, 6) is -2.41. The second-order valence-corrected chi connectivity index (χ2v) is 7.20. The van der Waals surface area contributed by atoms with Gasteiger partial charge in [0, 0.05) is 23.9 Å². The van der Waals surface area contributed by atoms with Crippen LogP contribution >= 0.6 is 0 Å². The van der Waals surface area contributed by atoms with Gasteiger partial charge in [0.1, 0.15) is 24.2 Å². The monoisotopic (exact) mass is 445 g/mol. The van der Waals surface area contributed by atoms with Crippen LogP contribution in [-0.2, 0) is 6.61 Å². The van der Waals surface area contributed by atoms with Crippen molar-refractivity contribution in [2.24, 2.45) is 0 Å². The van der Waals surface area contributed by atoms with Gasteiger partial charge in [0.25, 0.3) is 0 Å². The molecule has 0 atom stereocenters. The molecule has 9 heteroatoms. The average Bonchev–Trinajstić information content (AvgIpc) is 3.25. The quantitative estimate of drug-likeness (QED) is 0.353. The highest BCUT2D eigenvalue weighted by Crippen LogP contribution is 2.26. The molecule has 0 bridgehead atoms. The number of benzene rings is 3. The van der Waals surface area contributed by atoms with E-state index < -0.39 is 17.4 Å².